The summed E-state index contributed by atoms with van der Waals surface area (Å²) in [5.74, 6) is -2.29. The highest BCUT2D eigenvalue weighted by Gasteiger charge is 2.21. The first kappa shape index (κ1) is 15.8. The number of halogens is 3. The fourth-order valence-electron chi connectivity index (χ4n) is 1.52. The van der Waals surface area contributed by atoms with Gasteiger partial charge in [0.2, 0.25) is 5.91 Å². The summed E-state index contributed by atoms with van der Waals surface area (Å²) in [6.45, 7) is 1.46. The minimum atomic E-state index is -1.46. The molecule has 0 aliphatic rings. The quantitative estimate of drug-likeness (QED) is 0.721. The topological polar surface area (TPSA) is 69.6 Å². The van der Waals surface area contributed by atoms with Gasteiger partial charge in [-0.15, -0.1) is 0 Å². The summed E-state index contributed by atoms with van der Waals surface area (Å²) in [5, 5.41) is 21.2. The van der Waals surface area contributed by atoms with E-state index in [2.05, 4.69) is 5.32 Å². The first-order chi connectivity index (χ1) is 8.82. The highest BCUT2D eigenvalue weighted by Crippen LogP contribution is 2.26. The van der Waals surface area contributed by atoms with Crippen LogP contribution in [0.3, 0.4) is 0 Å². The van der Waals surface area contributed by atoms with Gasteiger partial charge in [-0.2, -0.15) is 0 Å². The molecule has 0 saturated heterocycles. The fourth-order valence-corrected chi connectivity index (χ4v) is 1.63. The van der Waals surface area contributed by atoms with Gasteiger partial charge in [-0.3, -0.25) is 4.79 Å². The SMILES string of the molecule is CC(=O)NCCC(O)C(O)c1cc(F)c(Cl)c(F)c1. The molecule has 0 heterocycles. The standard InChI is InChI=1S/C12H14ClF2NO3/c1-6(17)16-3-2-10(18)12(19)7-4-8(14)11(13)9(15)5-7/h4-5,10,12,18-19H,2-3H2,1H3,(H,16,17). The summed E-state index contributed by atoms with van der Waals surface area (Å²) < 4.78 is 26.4. The molecule has 0 aliphatic heterocycles. The Morgan fingerprint density at radius 2 is 1.89 bits per heavy atom. The molecule has 2 unspecified atom stereocenters. The lowest BCUT2D eigenvalue weighted by atomic mass is 10.0. The summed E-state index contributed by atoms with van der Waals surface area (Å²) in [5.41, 5.74) is -0.116. The molecule has 7 heteroatoms. The maximum atomic E-state index is 13.2. The van der Waals surface area contributed by atoms with Crippen LogP contribution in [0, 0.1) is 11.6 Å². The van der Waals surface area contributed by atoms with E-state index in [0.29, 0.717) is 0 Å². The second kappa shape index (κ2) is 6.79. The molecule has 0 bridgehead atoms. The van der Waals surface area contributed by atoms with Gasteiger partial charge in [0.15, 0.2) is 0 Å². The summed E-state index contributed by atoms with van der Waals surface area (Å²) in [4.78, 5) is 10.6. The van der Waals surface area contributed by atoms with Crippen molar-refractivity contribution in [3.63, 3.8) is 0 Å². The zero-order chi connectivity index (χ0) is 14.6. The molecule has 4 nitrogen and oxygen atoms in total. The van der Waals surface area contributed by atoms with Crippen LogP contribution in [0.1, 0.15) is 25.0 Å². The molecule has 0 spiro atoms. The van der Waals surface area contributed by atoms with E-state index in [4.69, 9.17) is 11.6 Å². The normalized spacial score (nSPS) is 14.0. The average molecular weight is 294 g/mol. The van der Waals surface area contributed by atoms with Crippen molar-refractivity contribution in [1.82, 2.24) is 5.32 Å². The molecule has 1 aromatic carbocycles. The Kier molecular flexibility index (Phi) is 5.65. The van der Waals surface area contributed by atoms with E-state index in [-0.39, 0.29) is 24.4 Å². The molecule has 2 atom stereocenters. The molecule has 0 radical (unpaired) electrons. The van der Waals surface area contributed by atoms with Crippen LogP contribution < -0.4 is 5.32 Å². The molecule has 0 fully saturated rings. The molecule has 0 aromatic heterocycles. The fraction of sp³-hybridized carbons (Fsp3) is 0.417. The molecule has 0 saturated carbocycles. The van der Waals surface area contributed by atoms with Crippen LogP contribution in [0.15, 0.2) is 12.1 Å². The number of aliphatic hydroxyl groups excluding tert-OH is 2. The predicted molar refractivity (Wildman–Crippen MR) is 65.6 cm³/mol. The number of nitrogens with one attached hydrogen (secondary N) is 1. The first-order valence-electron chi connectivity index (χ1n) is 5.58. The number of carbonyl (C=O) groups is 1. The van der Waals surface area contributed by atoms with E-state index in [1.54, 1.807) is 0 Å². The third kappa shape index (κ3) is 4.41. The number of aliphatic hydroxyl groups is 2. The summed E-state index contributed by atoms with van der Waals surface area (Å²) >= 11 is 5.31. The Morgan fingerprint density at radius 3 is 2.37 bits per heavy atom. The summed E-state index contributed by atoms with van der Waals surface area (Å²) in [7, 11) is 0. The second-order valence-corrected chi connectivity index (χ2v) is 4.46. The van der Waals surface area contributed by atoms with Crippen LogP contribution in [0.2, 0.25) is 5.02 Å². The van der Waals surface area contributed by atoms with Crippen LogP contribution in [-0.4, -0.2) is 28.8 Å². The number of rotatable bonds is 5. The molecular formula is C12H14ClF2NO3. The first-order valence-corrected chi connectivity index (χ1v) is 5.95. The van der Waals surface area contributed by atoms with E-state index < -0.39 is 28.9 Å². The van der Waals surface area contributed by atoms with Gasteiger partial charge in [0.05, 0.1) is 6.10 Å². The second-order valence-electron chi connectivity index (χ2n) is 4.08. The van der Waals surface area contributed by atoms with Crippen LogP contribution in [-0.2, 0) is 4.79 Å². The maximum Gasteiger partial charge on any atom is 0.216 e. The van der Waals surface area contributed by atoms with Crippen molar-refractivity contribution in [2.45, 2.75) is 25.6 Å². The minimum Gasteiger partial charge on any atom is -0.390 e. The molecule has 1 amide bonds. The monoisotopic (exact) mass is 293 g/mol. The van der Waals surface area contributed by atoms with E-state index in [1.807, 2.05) is 0 Å². The van der Waals surface area contributed by atoms with Gasteiger partial charge in [0.1, 0.15) is 22.8 Å². The number of carbonyl (C=O) groups excluding carboxylic acids is 1. The third-order valence-corrected chi connectivity index (χ3v) is 2.89. The zero-order valence-corrected chi connectivity index (χ0v) is 10.9. The Labute approximate surface area is 114 Å². The highest BCUT2D eigenvalue weighted by molar-refractivity contribution is 6.30. The third-order valence-electron chi connectivity index (χ3n) is 2.53. The number of hydrogen-bond donors (Lipinski definition) is 3. The molecule has 106 valence electrons. The zero-order valence-electron chi connectivity index (χ0n) is 10.2. The van der Waals surface area contributed by atoms with Crippen molar-refractivity contribution < 1.29 is 23.8 Å². The number of amides is 1. The van der Waals surface area contributed by atoms with Gasteiger partial charge < -0.3 is 15.5 Å². The lowest BCUT2D eigenvalue weighted by molar-refractivity contribution is -0.119. The van der Waals surface area contributed by atoms with Crippen molar-refractivity contribution in [3.05, 3.63) is 34.4 Å². The molecule has 1 rings (SSSR count). The Hall–Kier alpha value is -1.24. The Balaban J connectivity index is 2.71. The molecule has 1 aromatic rings. The van der Waals surface area contributed by atoms with Crippen molar-refractivity contribution in [2.75, 3.05) is 6.54 Å². The smallest absolute Gasteiger partial charge is 0.216 e. The van der Waals surface area contributed by atoms with E-state index >= 15 is 0 Å². The predicted octanol–water partition coefficient (Wildman–Crippen LogP) is 1.54. The van der Waals surface area contributed by atoms with Gasteiger partial charge in [0.25, 0.3) is 0 Å². The van der Waals surface area contributed by atoms with Gasteiger partial charge >= 0.3 is 0 Å². The van der Waals surface area contributed by atoms with Crippen LogP contribution in [0.4, 0.5) is 8.78 Å². The van der Waals surface area contributed by atoms with E-state index in [1.165, 1.54) is 6.92 Å². The maximum absolute atomic E-state index is 13.2. The number of benzene rings is 1. The minimum absolute atomic E-state index is 0.0482. The lowest BCUT2D eigenvalue weighted by Crippen LogP contribution is -2.27. The number of hydrogen-bond acceptors (Lipinski definition) is 3. The molecular weight excluding hydrogens is 280 g/mol. The van der Waals surface area contributed by atoms with Crippen LogP contribution in [0.5, 0.6) is 0 Å². The van der Waals surface area contributed by atoms with Crippen molar-refractivity contribution in [2.24, 2.45) is 0 Å². The van der Waals surface area contributed by atoms with Crippen LogP contribution in [0.25, 0.3) is 0 Å². The van der Waals surface area contributed by atoms with Gasteiger partial charge in [-0.25, -0.2) is 8.78 Å². The molecule has 3 N–H and O–H groups in total. The van der Waals surface area contributed by atoms with Gasteiger partial charge in [-0.05, 0) is 24.1 Å². The van der Waals surface area contributed by atoms with Crippen molar-refractivity contribution >= 4 is 17.5 Å². The molecule has 0 aliphatic carbocycles. The Morgan fingerprint density at radius 1 is 1.37 bits per heavy atom. The van der Waals surface area contributed by atoms with E-state index in [0.717, 1.165) is 12.1 Å². The van der Waals surface area contributed by atoms with Crippen LogP contribution >= 0.6 is 11.6 Å². The van der Waals surface area contributed by atoms with Crippen molar-refractivity contribution in [3.8, 4) is 0 Å². The largest absolute Gasteiger partial charge is 0.390 e. The summed E-state index contributed by atoms with van der Waals surface area (Å²) in [6, 6.07) is 1.72. The lowest BCUT2D eigenvalue weighted by Gasteiger charge is -2.18. The summed E-state index contributed by atoms with van der Waals surface area (Å²) in [6.07, 6.45) is -2.67. The Bertz CT molecular complexity index is 447. The van der Waals surface area contributed by atoms with Gasteiger partial charge in [0, 0.05) is 13.5 Å². The van der Waals surface area contributed by atoms with E-state index in [9.17, 15) is 23.8 Å². The average Bonchev–Trinajstić information content (AvgIpc) is 2.33. The highest BCUT2D eigenvalue weighted by atomic mass is 35.5. The van der Waals surface area contributed by atoms with Gasteiger partial charge in [-0.1, -0.05) is 11.6 Å². The molecule has 19 heavy (non-hydrogen) atoms. The van der Waals surface area contributed by atoms with Crippen molar-refractivity contribution in [1.29, 1.82) is 0 Å².